The van der Waals surface area contributed by atoms with Gasteiger partial charge >= 0.3 is 7.59 Å². The summed E-state index contributed by atoms with van der Waals surface area (Å²) in [5, 5.41) is 0. The van der Waals surface area contributed by atoms with Crippen LogP contribution in [0.2, 0.25) is 0 Å². The van der Waals surface area contributed by atoms with Gasteiger partial charge in [-0.1, -0.05) is 36.4 Å². The number of benzene rings is 1. The highest BCUT2D eigenvalue weighted by Gasteiger charge is 2.34. The lowest BCUT2D eigenvalue weighted by atomic mass is 9.93. The van der Waals surface area contributed by atoms with Crippen LogP contribution in [-0.4, -0.2) is 67.7 Å². The second-order valence-corrected chi connectivity index (χ2v) is 11.1. The molecule has 2 rings (SSSR count). The Bertz CT molecular complexity index is 664. The van der Waals surface area contributed by atoms with Gasteiger partial charge in [0.2, 0.25) is 0 Å². The highest BCUT2D eigenvalue weighted by Crippen LogP contribution is 2.52. The van der Waals surface area contributed by atoms with Gasteiger partial charge in [0, 0.05) is 19.2 Å². The number of nitrogens with zero attached hydrogens (tertiary/aromatic N) is 3. The minimum atomic E-state index is -2.80. The van der Waals surface area contributed by atoms with Crippen LogP contribution in [0.4, 0.5) is 0 Å². The molecule has 1 fully saturated rings. The molecule has 2 atom stereocenters. The van der Waals surface area contributed by atoms with Crippen LogP contribution in [0, 0.1) is 0 Å². The largest absolute Gasteiger partial charge is 0.348 e. The molecule has 1 aromatic rings. The lowest BCUT2D eigenvalue weighted by molar-refractivity contribution is -0.139. The van der Waals surface area contributed by atoms with Crippen LogP contribution in [0.15, 0.2) is 42.6 Å². The quantitative estimate of drug-likeness (QED) is 0.620. The monoisotopic (exact) mass is 395 g/mol. The summed E-state index contributed by atoms with van der Waals surface area (Å²) in [7, 11) is 6.41. The zero-order valence-electron chi connectivity index (χ0n) is 17.6. The van der Waals surface area contributed by atoms with Crippen molar-refractivity contribution in [1.29, 1.82) is 0 Å². The zero-order chi connectivity index (χ0) is 20.2. The van der Waals surface area contributed by atoms with Crippen LogP contribution in [0.3, 0.4) is 0 Å². The molecule has 0 bridgehead atoms. The van der Waals surface area contributed by atoms with Crippen molar-refractivity contribution in [2.24, 2.45) is 0 Å². The minimum Gasteiger partial charge on any atom is -0.348 e. The molecule has 1 aromatic carbocycles. The van der Waals surface area contributed by atoms with Crippen LogP contribution in [0.25, 0.3) is 0 Å². The van der Waals surface area contributed by atoms with Crippen molar-refractivity contribution in [3.05, 3.63) is 48.2 Å². The van der Waals surface area contributed by atoms with Crippen LogP contribution >= 0.6 is 7.59 Å². The summed E-state index contributed by atoms with van der Waals surface area (Å²) in [6, 6.07) is 10.3. The normalized spacial score (nSPS) is 21.3. The van der Waals surface area contributed by atoms with Gasteiger partial charge < -0.3 is 14.1 Å². The van der Waals surface area contributed by atoms with Gasteiger partial charge in [-0.2, -0.15) is 0 Å². The molecule has 1 heterocycles. The van der Waals surface area contributed by atoms with Crippen LogP contribution in [-0.2, 0) is 14.0 Å². The lowest BCUT2D eigenvalue weighted by Crippen LogP contribution is -2.29. The molecule has 27 heavy (non-hydrogen) atoms. The van der Waals surface area contributed by atoms with E-state index in [9.17, 15) is 4.57 Å². The number of allylic oxidation sites excluding steroid dienone is 1. The Balaban J connectivity index is 2.21. The van der Waals surface area contributed by atoms with Gasteiger partial charge in [0.15, 0.2) is 5.79 Å². The average Bonchev–Trinajstić information content (AvgIpc) is 2.96. The van der Waals surface area contributed by atoms with E-state index >= 15 is 0 Å². The molecule has 7 heteroatoms. The minimum absolute atomic E-state index is 0.0367. The van der Waals surface area contributed by atoms with E-state index in [2.05, 4.69) is 18.2 Å². The van der Waals surface area contributed by atoms with Crippen LogP contribution in [0.1, 0.15) is 31.7 Å². The van der Waals surface area contributed by atoms with E-state index in [4.69, 9.17) is 9.47 Å². The second-order valence-electron chi connectivity index (χ2n) is 7.83. The van der Waals surface area contributed by atoms with E-state index in [0.717, 1.165) is 6.42 Å². The van der Waals surface area contributed by atoms with Gasteiger partial charge in [0.05, 0.1) is 12.7 Å². The second kappa shape index (κ2) is 8.89. The Morgan fingerprint density at radius 1 is 1.15 bits per heavy atom. The summed E-state index contributed by atoms with van der Waals surface area (Å²) >= 11 is 0. The Kier molecular flexibility index (Phi) is 7.28. The standard InChI is InChI=1S/C20H34N3O3P/c1-20(2)25-16-19(26-20)15-18(17-11-9-8-10-12-17)13-14-23(7)27(24,21(3)4)22(5)6/h8-14,18-19H,15-16H2,1-7H3/b14-13+. The Morgan fingerprint density at radius 3 is 2.22 bits per heavy atom. The molecule has 0 spiro atoms. The third-order valence-corrected chi connectivity index (χ3v) is 7.84. The lowest BCUT2D eigenvalue weighted by Gasteiger charge is -2.36. The van der Waals surface area contributed by atoms with Crippen molar-refractivity contribution in [1.82, 2.24) is 14.0 Å². The van der Waals surface area contributed by atoms with Gasteiger partial charge in [-0.3, -0.25) is 4.57 Å². The molecular formula is C20H34N3O3P. The zero-order valence-corrected chi connectivity index (χ0v) is 18.5. The van der Waals surface area contributed by atoms with E-state index < -0.39 is 13.4 Å². The summed E-state index contributed by atoms with van der Waals surface area (Å²) in [6.45, 7) is 4.48. The summed E-state index contributed by atoms with van der Waals surface area (Å²) < 4.78 is 30.4. The molecule has 152 valence electrons. The maximum Gasteiger partial charge on any atom is 0.309 e. The van der Waals surface area contributed by atoms with Crippen molar-refractivity contribution in [2.45, 2.75) is 38.1 Å². The number of hydrogen-bond donors (Lipinski definition) is 0. The van der Waals surface area contributed by atoms with E-state index in [1.54, 1.807) is 14.0 Å². The van der Waals surface area contributed by atoms with Crippen molar-refractivity contribution in [3.63, 3.8) is 0 Å². The summed E-state index contributed by atoms with van der Waals surface area (Å²) in [5.74, 6) is -0.383. The van der Waals surface area contributed by atoms with Crippen molar-refractivity contribution in [3.8, 4) is 0 Å². The maximum atomic E-state index is 13.4. The fourth-order valence-electron chi connectivity index (χ4n) is 3.43. The fourth-order valence-corrected chi connectivity index (χ4v) is 5.52. The highest BCUT2D eigenvalue weighted by atomic mass is 31.2. The molecule has 6 nitrogen and oxygen atoms in total. The topological polar surface area (TPSA) is 45.3 Å². The molecule has 1 saturated heterocycles. The van der Waals surface area contributed by atoms with Crippen molar-refractivity contribution >= 4 is 7.59 Å². The summed E-state index contributed by atoms with van der Waals surface area (Å²) in [5.41, 5.74) is 1.21. The van der Waals surface area contributed by atoms with Gasteiger partial charge in [-0.25, -0.2) is 9.34 Å². The predicted octanol–water partition coefficient (Wildman–Crippen LogP) is 3.99. The van der Waals surface area contributed by atoms with Gasteiger partial charge in [-0.05, 0) is 54.0 Å². The van der Waals surface area contributed by atoms with Crippen LogP contribution < -0.4 is 0 Å². The van der Waals surface area contributed by atoms with E-state index in [1.807, 2.05) is 73.5 Å². The first-order valence-electron chi connectivity index (χ1n) is 9.30. The Morgan fingerprint density at radius 2 is 1.74 bits per heavy atom. The molecule has 0 saturated carbocycles. The van der Waals surface area contributed by atoms with Crippen molar-refractivity contribution < 1.29 is 14.0 Å². The van der Waals surface area contributed by atoms with Crippen molar-refractivity contribution in [2.75, 3.05) is 41.8 Å². The Hall–Kier alpha value is -1.17. The van der Waals surface area contributed by atoms with E-state index in [0.29, 0.717) is 6.61 Å². The highest BCUT2D eigenvalue weighted by molar-refractivity contribution is 7.56. The third-order valence-electron chi connectivity index (χ3n) is 4.80. The summed E-state index contributed by atoms with van der Waals surface area (Å²) in [6.07, 6.45) is 4.89. The molecule has 0 amide bonds. The molecule has 0 aromatic heterocycles. The molecule has 0 N–H and O–H groups in total. The van der Waals surface area contributed by atoms with Crippen LogP contribution in [0.5, 0.6) is 0 Å². The summed E-state index contributed by atoms with van der Waals surface area (Å²) in [4.78, 5) is 0. The Labute approximate surface area is 164 Å². The van der Waals surface area contributed by atoms with E-state index in [-0.39, 0.29) is 12.0 Å². The molecule has 2 unspecified atom stereocenters. The molecular weight excluding hydrogens is 361 g/mol. The first kappa shape index (κ1) is 22.1. The SMILES string of the molecule is CN(C)P(=O)(N(C)C)N(C)/C=C/C(CC1COC(C)(C)O1)c1ccccc1. The average molecular weight is 395 g/mol. The van der Waals surface area contributed by atoms with E-state index in [1.165, 1.54) is 5.56 Å². The number of hydrogen-bond acceptors (Lipinski definition) is 3. The first-order valence-corrected chi connectivity index (χ1v) is 10.9. The predicted molar refractivity (Wildman–Crippen MR) is 111 cm³/mol. The maximum absolute atomic E-state index is 13.4. The number of ether oxygens (including phenoxy) is 2. The molecule has 1 aliphatic heterocycles. The first-order chi connectivity index (χ1) is 12.6. The smallest absolute Gasteiger partial charge is 0.309 e. The molecule has 0 radical (unpaired) electrons. The van der Waals surface area contributed by atoms with Gasteiger partial charge in [0.1, 0.15) is 0 Å². The van der Waals surface area contributed by atoms with Gasteiger partial charge in [-0.15, -0.1) is 0 Å². The van der Waals surface area contributed by atoms with Gasteiger partial charge in [0.25, 0.3) is 0 Å². The molecule has 0 aliphatic carbocycles. The number of rotatable bonds is 8. The fraction of sp³-hybridized carbons (Fsp3) is 0.600. The third kappa shape index (κ3) is 5.43. The molecule has 1 aliphatic rings.